The molecule has 7 nitrogen and oxygen atoms in total. The predicted octanol–water partition coefficient (Wildman–Crippen LogP) is 0.870. The van der Waals surface area contributed by atoms with Gasteiger partial charge in [0.15, 0.2) is 6.23 Å². The largest absolute Gasteiger partial charge is 0.490 e. The minimum Gasteiger partial charge on any atom is -0.490 e. The molecule has 1 saturated carbocycles. The second-order valence-corrected chi connectivity index (χ2v) is 6.47. The molecule has 1 aromatic carbocycles. The average molecular weight is 330 g/mol. The number of piperidine rings is 1. The zero-order chi connectivity index (χ0) is 16.8. The number of aliphatic hydroxyl groups excluding tert-OH is 1. The minimum atomic E-state index is -1.21. The fourth-order valence-corrected chi connectivity index (χ4v) is 3.36. The van der Waals surface area contributed by atoms with E-state index in [2.05, 4.69) is 5.32 Å². The first-order chi connectivity index (χ1) is 11.5. The van der Waals surface area contributed by atoms with Crippen molar-refractivity contribution in [1.29, 1.82) is 0 Å². The molecule has 1 saturated heterocycles. The van der Waals surface area contributed by atoms with Gasteiger partial charge in [0.25, 0.3) is 5.91 Å². The molecule has 0 bridgehead atoms. The molecule has 3 aliphatic rings. The van der Waals surface area contributed by atoms with Crippen LogP contribution in [0, 0.1) is 0 Å². The number of amides is 3. The molecule has 2 N–H and O–H groups in total. The molecule has 126 valence electrons. The van der Waals surface area contributed by atoms with E-state index in [4.69, 9.17) is 4.74 Å². The number of hydrogen-bond donors (Lipinski definition) is 2. The molecule has 3 amide bonds. The molecule has 2 heterocycles. The van der Waals surface area contributed by atoms with Gasteiger partial charge in [0, 0.05) is 17.5 Å². The Balaban J connectivity index is 1.59. The Morgan fingerprint density at radius 2 is 1.96 bits per heavy atom. The van der Waals surface area contributed by atoms with E-state index < -0.39 is 24.1 Å². The summed E-state index contributed by atoms with van der Waals surface area (Å²) < 4.78 is 5.81. The van der Waals surface area contributed by atoms with Crippen LogP contribution < -0.4 is 10.1 Å². The molecule has 0 aromatic heterocycles. The maximum atomic E-state index is 12.6. The van der Waals surface area contributed by atoms with Crippen molar-refractivity contribution in [1.82, 2.24) is 10.2 Å². The van der Waals surface area contributed by atoms with Crippen molar-refractivity contribution in [2.45, 2.75) is 50.5 Å². The lowest BCUT2D eigenvalue weighted by Gasteiger charge is -2.32. The van der Waals surface area contributed by atoms with E-state index in [9.17, 15) is 19.5 Å². The van der Waals surface area contributed by atoms with Crippen molar-refractivity contribution in [2.75, 3.05) is 0 Å². The van der Waals surface area contributed by atoms with E-state index in [0.29, 0.717) is 16.9 Å². The third-order valence-corrected chi connectivity index (χ3v) is 4.93. The van der Waals surface area contributed by atoms with Gasteiger partial charge in [0.1, 0.15) is 11.8 Å². The summed E-state index contributed by atoms with van der Waals surface area (Å²) in [6, 6.07) is 4.17. The Bertz CT molecular complexity index is 728. The Morgan fingerprint density at radius 3 is 2.62 bits per heavy atom. The van der Waals surface area contributed by atoms with Crippen LogP contribution in [0.25, 0.3) is 0 Å². The lowest BCUT2D eigenvalue weighted by atomic mass is 9.96. The fourth-order valence-electron chi connectivity index (χ4n) is 3.36. The Kier molecular flexibility index (Phi) is 3.53. The van der Waals surface area contributed by atoms with Gasteiger partial charge >= 0.3 is 0 Å². The van der Waals surface area contributed by atoms with Crippen molar-refractivity contribution >= 4 is 17.7 Å². The molecular formula is C17H18N2O5. The molecular weight excluding hydrogens is 312 g/mol. The maximum absolute atomic E-state index is 12.6. The molecule has 1 aromatic rings. The van der Waals surface area contributed by atoms with Crippen LogP contribution in [0.2, 0.25) is 0 Å². The summed E-state index contributed by atoms with van der Waals surface area (Å²) in [5, 5.41) is 12.8. The van der Waals surface area contributed by atoms with Gasteiger partial charge in [-0.05, 0) is 43.9 Å². The summed E-state index contributed by atoms with van der Waals surface area (Å²) >= 11 is 0. The topological polar surface area (TPSA) is 95.9 Å². The van der Waals surface area contributed by atoms with Crippen LogP contribution in [0.5, 0.6) is 5.75 Å². The van der Waals surface area contributed by atoms with Crippen molar-refractivity contribution in [2.24, 2.45) is 0 Å². The summed E-state index contributed by atoms with van der Waals surface area (Å²) in [5.41, 5.74) is 0.815. The van der Waals surface area contributed by atoms with Gasteiger partial charge in [-0.15, -0.1) is 0 Å². The van der Waals surface area contributed by atoms with Crippen LogP contribution in [-0.2, 0) is 9.59 Å². The van der Waals surface area contributed by atoms with Gasteiger partial charge in [-0.3, -0.25) is 24.6 Å². The molecule has 2 aliphatic heterocycles. The summed E-state index contributed by atoms with van der Waals surface area (Å²) in [6.45, 7) is 0. The molecule has 24 heavy (non-hydrogen) atoms. The third-order valence-electron chi connectivity index (χ3n) is 4.93. The van der Waals surface area contributed by atoms with E-state index in [-0.39, 0.29) is 24.9 Å². The number of hydrogen-bond acceptors (Lipinski definition) is 5. The van der Waals surface area contributed by atoms with Crippen LogP contribution in [0.15, 0.2) is 18.2 Å². The third kappa shape index (κ3) is 2.36. The normalized spacial score (nSPS) is 26.9. The van der Waals surface area contributed by atoms with Crippen molar-refractivity contribution in [3.63, 3.8) is 0 Å². The van der Waals surface area contributed by atoms with Crippen LogP contribution in [0.3, 0.4) is 0 Å². The first kappa shape index (κ1) is 15.1. The molecule has 2 fully saturated rings. The highest BCUT2D eigenvalue weighted by Crippen LogP contribution is 2.37. The standard InChI is InChI=1S/C17H18N2O5/c20-14-7-6-13(15(21)18-14)19-16(22)11-5-4-10(8-12(11)17(19)23)24-9-2-1-3-9/h4-5,8-9,13,17,23H,1-3,6-7H2,(H,18,20,21). The number of fused-ring (bicyclic) bond motifs is 1. The number of carbonyl (C=O) groups is 3. The summed E-state index contributed by atoms with van der Waals surface area (Å²) in [5.74, 6) is -0.680. The monoisotopic (exact) mass is 330 g/mol. The van der Waals surface area contributed by atoms with Gasteiger partial charge in [0.05, 0.1) is 6.10 Å². The first-order valence-electron chi connectivity index (χ1n) is 8.19. The van der Waals surface area contributed by atoms with E-state index in [1.807, 2.05) is 0 Å². The van der Waals surface area contributed by atoms with Crippen molar-refractivity contribution in [3.8, 4) is 5.75 Å². The zero-order valence-corrected chi connectivity index (χ0v) is 13.0. The molecule has 2 atom stereocenters. The lowest BCUT2D eigenvalue weighted by Crippen LogP contribution is -2.53. The van der Waals surface area contributed by atoms with Crippen molar-refractivity contribution in [3.05, 3.63) is 29.3 Å². The molecule has 7 heteroatoms. The molecule has 0 radical (unpaired) electrons. The number of carbonyl (C=O) groups excluding carboxylic acids is 3. The molecule has 2 unspecified atom stereocenters. The summed E-state index contributed by atoms with van der Waals surface area (Å²) in [7, 11) is 0. The fraction of sp³-hybridized carbons (Fsp3) is 0.471. The highest BCUT2D eigenvalue weighted by molar-refractivity contribution is 6.05. The van der Waals surface area contributed by atoms with Crippen LogP contribution in [0.4, 0.5) is 0 Å². The SMILES string of the molecule is O=C1CCC(N2C(=O)c3ccc(OC4CCC4)cc3C2O)C(=O)N1. The van der Waals surface area contributed by atoms with Gasteiger partial charge in [0.2, 0.25) is 11.8 Å². The van der Waals surface area contributed by atoms with Crippen LogP contribution in [-0.4, -0.2) is 39.9 Å². The smallest absolute Gasteiger partial charge is 0.257 e. The predicted molar refractivity (Wildman–Crippen MR) is 82.0 cm³/mol. The number of aliphatic hydroxyl groups is 1. The molecule has 0 spiro atoms. The number of nitrogens with zero attached hydrogens (tertiary/aromatic N) is 1. The minimum absolute atomic E-state index is 0.152. The number of nitrogens with one attached hydrogen (secondary N) is 1. The van der Waals surface area contributed by atoms with E-state index in [1.165, 1.54) is 0 Å². The Morgan fingerprint density at radius 1 is 1.17 bits per heavy atom. The lowest BCUT2D eigenvalue weighted by molar-refractivity contribution is -0.139. The summed E-state index contributed by atoms with van der Waals surface area (Å²) in [4.78, 5) is 37.1. The van der Waals surface area contributed by atoms with E-state index in [0.717, 1.165) is 24.2 Å². The maximum Gasteiger partial charge on any atom is 0.257 e. The van der Waals surface area contributed by atoms with Crippen LogP contribution >= 0.6 is 0 Å². The van der Waals surface area contributed by atoms with Gasteiger partial charge in [-0.1, -0.05) is 0 Å². The number of benzene rings is 1. The highest BCUT2D eigenvalue weighted by atomic mass is 16.5. The molecule has 4 rings (SSSR count). The van der Waals surface area contributed by atoms with Crippen LogP contribution in [0.1, 0.15) is 54.3 Å². The van der Waals surface area contributed by atoms with Gasteiger partial charge in [-0.2, -0.15) is 0 Å². The highest BCUT2D eigenvalue weighted by Gasteiger charge is 2.44. The number of imide groups is 1. The van der Waals surface area contributed by atoms with Crippen molar-refractivity contribution < 1.29 is 24.2 Å². The average Bonchev–Trinajstić information content (AvgIpc) is 2.75. The van der Waals surface area contributed by atoms with Gasteiger partial charge < -0.3 is 9.84 Å². The zero-order valence-electron chi connectivity index (χ0n) is 13.0. The second kappa shape index (κ2) is 5.59. The van der Waals surface area contributed by atoms with E-state index >= 15 is 0 Å². The van der Waals surface area contributed by atoms with E-state index in [1.54, 1.807) is 18.2 Å². The van der Waals surface area contributed by atoms with Gasteiger partial charge in [-0.25, -0.2) is 0 Å². The Labute approximate surface area is 138 Å². The number of ether oxygens (including phenoxy) is 1. The quantitative estimate of drug-likeness (QED) is 0.802. The second-order valence-electron chi connectivity index (χ2n) is 6.47. The number of rotatable bonds is 3. The molecule has 1 aliphatic carbocycles. The summed E-state index contributed by atoms with van der Waals surface area (Å²) in [6.07, 6.45) is 2.54. The first-order valence-corrected chi connectivity index (χ1v) is 8.19. The Hall–Kier alpha value is -2.41.